The van der Waals surface area contributed by atoms with Gasteiger partial charge in [0.15, 0.2) is 0 Å². The number of rotatable bonds is 3. The predicted octanol–water partition coefficient (Wildman–Crippen LogP) is 0.341. The summed E-state index contributed by atoms with van der Waals surface area (Å²) in [6.07, 6.45) is 5.48. The molecule has 0 aromatic carbocycles. The van der Waals surface area contributed by atoms with Gasteiger partial charge >= 0.3 is 10.2 Å². The molecule has 7 heteroatoms. The fourth-order valence-electron chi connectivity index (χ4n) is 1.63. The van der Waals surface area contributed by atoms with Gasteiger partial charge in [0, 0.05) is 14.1 Å². The molecule has 0 aliphatic carbocycles. The molecule has 0 radical (unpaired) electrons. The summed E-state index contributed by atoms with van der Waals surface area (Å²) in [5.41, 5.74) is 1.57. The van der Waals surface area contributed by atoms with Crippen molar-refractivity contribution >= 4 is 15.8 Å². The SMILES string of the molecule is CN(C)S(=O)(=O)n1cncc1C1=CCOCC1. The summed E-state index contributed by atoms with van der Waals surface area (Å²) in [5, 5.41) is 0. The number of hydrogen-bond donors (Lipinski definition) is 0. The van der Waals surface area contributed by atoms with E-state index in [9.17, 15) is 8.42 Å². The molecule has 2 rings (SSSR count). The van der Waals surface area contributed by atoms with Crippen LogP contribution in [0.3, 0.4) is 0 Å². The van der Waals surface area contributed by atoms with Crippen LogP contribution in [-0.4, -0.2) is 49.0 Å². The Morgan fingerprint density at radius 1 is 1.47 bits per heavy atom. The number of imidazole rings is 1. The third-order valence-electron chi connectivity index (χ3n) is 2.61. The lowest BCUT2D eigenvalue weighted by Gasteiger charge is -2.17. The number of nitrogens with zero attached hydrogens (tertiary/aromatic N) is 3. The molecule has 1 aliphatic rings. The zero-order chi connectivity index (χ0) is 12.5. The van der Waals surface area contributed by atoms with Crippen LogP contribution >= 0.6 is 0 Å². The van der Waals surface area contributed by atoms with Gasteiger partial charge in [-0.1, -0.05) is 6.08 Å². The van der Waals surface area contributed by atoms with E-state index in [1.807, 2.05) is 6.08 Å². The first kappa shape index (κ1) is 12.3. The Kier molecular flexibility index (Phi) is 3.32. The molecular formula is C10H15N3O3S. The number of hydrogen-bond acceptors (Lipinski definition) is 4. The quantitative estimate of drug-likeness (QED) is 0.783. The molecule has 94 valence electrons. The van der Waals surface area contributed by atoms with Gasteiger partial charge in [-0.2, -0.15) is 12.7 Å². The van der Waals surface area contributed by atoms with Crippen LogP contribution in [0.5, 0.6) is 0 Å². The average Bonchev–Trinajstić information content (AvgIpc) is 2.79. The number of ether oxygens (including phenoxy) is 1. The van der Waals surface area contributed by atoms with Crippen molar-refractivity contribution in [1.29, 1.82) is 0 Å². The van der Waals surface area contributed by atoms with E-state index < -0.39 is 10.2 Å². The normalized spacial score (nSPS) is 17.2. The molecule has 0 N–H and O–H groups in total. The van der Waals surface area contributed by atoms with Crippen LogP contribution in [0.4, 0.5) is 0 Å². The Balaban J connectivity index is 2.45. The maximum absolute atomic E-state index is 12.0. The minimum atomic E-state index is -3.51. The van der Waals surface area contributed by atoms with E-state index >= 15 is 0 Å². The van der Waals surface area contributed by atoms with Gasteiger partial charge in [0.05, 0.1) is 25.1 Å². The molecule has 0 unspecified atom stereocenters. The molecule has 17 heavy (non-hydrogen) atoms. The maximum atomic E-state index is 12.0. The Morgan fingerprint density at radius 3 is 2.82 bits per heavy atom. The molecule has 0 atom stereocenters. The van der Waals surface area contributed by atoms with Crippen LogP contribution in [0.2, 0.25) is 0 Å². The molecule has 0 saturated heterocycles. The Hall–Kier alpha value is -1.18. The monoisotopic (exact) mass is 257 g/mol. The van der Waals surface area contributed by atoms with Gasteiger partial charge in [-0.05, 0) is 12.0 Å². The molecule has 6 nitrogen and oxygen atoms in total. The maximum Gasteiger partial charge on any atom is 0.308 e. The highest BCUT2D eigenvalue weighted by molar-refractivity contribution is 7.87. The molecular weight excluding hydrogens is 242 g/mol. The summed E-state index contributed by atoms with van der Waals surface area (Å²) in [6, 6.07) is 0. The molecule has 0 spiro atoms. The molecule has 1 aromatic rings. The zero-order valence-corrected chi connectivity index (χ0v) is 10.6. The third-order valence-corrected chi connectivity index (χ3v) is 4.32. The van der Waals surface area contributed by atoms with Gasteiger partial charge in [-0.3, -0.25) is 0 Å². The fraction of sp³-hybridized carbons (Fsp3) is 0.500. The Morgan fingerprint density at radius 2 is 2.24 bits per heavy atom. The summed E-state index contributed by atoms with van der Waals surface area (Å²) >= 11 is 0. The van der Waals surface area contributed by atoms with E-state index in [1.54, 1.807) is 6.20 Å². The number of aromatic nitrogens is 2. The first-order valence-corrected chi connectivity index (χ1v) is 6.65. The largest absolute Gasteiger partial charge is 0.377 e. The second-order valence-corrected chi connectivity index (χ2v) is 5.94. The summed E-state index contributed by atoms with van der Waals surface area (Å²) in [7, 11) is -0.513. The summed E-state index contributed by atoms with van der Waals surface area (Å²) in [6.45, 7) is 1.13. The van der Waals surface area contributed by atoms with E-state index in [0.717, 1.165) is 9.88 Å². The van der Waals surface area contributed by atoms with Crippen LogP contribution in [-0.2, 0) is 14.9 Å². The minimum absolute atomic E-state index is 0.516. The highest BCUT2D eigenvalue weighted by Gasteiger charge is 2.21. The predicted molar refractivity (Wildman–Crippen MR) is 63.6 cm³/mol. The summed E-state index contributed by atoms with van der Waals surface area (Å²) in [4.78, 5) is 3.92. The van der Waals surface area contributed by atoms with Gasteiger partial charge in [0.1, 0.15) is 6.33 Å². The van der Waals surface area contributed by atoms with Crippen molar-refractivity contribution in [1.82, 2.24) is 13.3 Å². The molecule has 1 aliphatic heterocycles. The Bertz CT molecular complexity index is 531. The third kappa shape index (κ3) is 2.26. The lowest BCUT2D eigenvalue weighted by Crippen LogP contribution is -2.29. The smallest absolute Gasteiger partial charge is 0.308 e. The molecule has 0 fully saturated rings. The first-order valence-electron chi connectivity index (χ1n) is 5.26. The molecule has 0 amide bonds. The standard InChI is InChI=1S/C10H15N3O3S/c1-12(2)17(14,15)13-8-11-7-10(13)9-3-5-16-6-4-9/h3,7-8H,4-6H2,1-2H3. The van der Waals surface area contributed by atoms with Crippen LogP contribution in [0, 0.1) is 0 Å². The van der Waals surface area contributed by atoms with E-state index in [2.05, 4.69) is 4.98 Å². The summed E-state index contributed by atoms with van der Waals surface area (Å²) < 4.78 is 31.7. The summed E-state index contributed by atoms with van der Waals surface area (Å²) in [5.74, 6) is 0. The fourth-order valence-corrected chi connectivity index (χ4v) is 2.57. The average molecular weight is 257 g/mol. The van der Waals surface area contributed by atoms with Crippen LogP contribution in [0.25, 0.3) is 5.57 Å². The van der Waals surface area contributed by atoms with Gasteiger partial charge < -0.3 is 4.74 Å². The highest BCUT2D eigenvalue weighted by Crippen LogP contribution is 2.22. The lowest BCUT2D eigenvalue weighted by molar-refractivity contribution is 0.161. The van der Waals surface area contributed by atoms with Crippen LogP contribution in [0.1, 0.15) is 12.1 Å². The molecule has 0 saturated carbocycles. The zero-order valence-electron chi connectivity index (χ0n) is 9.83. The second-order valence-electron chi connectivity index (χ2n) is 3.92. The van der Waals surface area contributed by atoms with E-state index in [-0.39, 0.29) is 0 Å². The van der Waals surface area contributed by atoms with Crippen LogP contribution in [0.15, 0.2) is 18.6 Å². The van der Waals surface area contributed by atoms with E-state index in [0.29, 0.717) is 25.3 Å². The highest BCUT2D eigenvalue weighted by atomic mass is 32.2. The molecule has 2 heterocycles. The van der Waals surface area contributed by atoms with Crippen molar-refractivity contribution in [3.8, 4) is 0 Å². The first-order chi connectivity index (χ1) is 8.03. The van der Waals surface area contributed by atoms with Gasteiger partial charge in [-0.15, -0.1) is 0 Å². The lowest BCUT2D eigenvalue weighted by atomic mass is 10.1. The van der Waals surface area contributed by atoms with Crippen molar-refractivity contribution in [3.05, 3.63) is 24.3 Å². The minimum Gasteiger partial charge on any atom is -0.377 e. The van der Waals surface area contributed by atoms with Crippen molar-refractivity contribution in [2.45, 2.75) is 6.42 Å². The van der Waals surface area contributed by atoms with Gasteiger partial charge in [-0.25, -0.2) is 8.96 Å². The van der Waals surface area contributed by atoms with Crippen molar-refractivity contribution in [3.63, 3.8) is 0 Å². The van der Waals surface area contributed by atoms with Gasteiger partial charge in [0.25, 0.3) is 0 Å². The van der Waals surface area contributed by atoms with Crippen LogP contribution < -0.4 is 0 Å². The van der Waals surface area contributed by atoms with Crippen molar-refractivity contribution in [2.24, 2.45) is 0 Å². The second kappa shape index (κ2) is 4.59. The van der Waals surface area contributed by atoms with E-state index in [4.69, 9.17) is 4.74 Å². The van der Waals surface area contributed by atoms with Gasteiger partial charge in [0.2, 0.25) is 0 Å². The van der Waals surface area contributed by atoms with E-state index in [1.165, 1.54) is 24.4 Å². The Labute approximate surface area is 101 Å². The van der Waals surface area contributed by atoms with Crippen molar-refractivity contribution < 1.29 is 13.2 Å². The molecule has 1 aromatic heterocycles. The molecule has 0 bridgehead atoms. The van der Waals surface area contributed by atoms with Crippen molar-refractivity contribution in [2.75, 3.05) is 27.3 Å². The topological polar surface area (TPSA) is 64.4 Å².